The first-order valence-corrected chi connectivity index (χ1v) is 5.08. The molecule has 0 aromatic carbocycles. The molecule has 84 valence electrons. The third-order valence-electron chi connectivity index (χ3n) is 1.77. The Morgan fingerprint density at radius 1 is 1.56 bits per heavy atom. The van der Waals surface area contributed by atoms with Gasteiger partial charge in [-0.3, -0.25) is 9.78 Å². The molecule has 1 N–H and O–H groups in total. The van der Waals surface area contributed by atoms with Gasteiger partial charge in [-0.05, 0) is 12.1 Å². The van der Waals surface area contributed by atoms with Crippen LogP contribution in [0.2, 0.25) is 0 Å². The molecular weight excluding hydrogens is 204 g/mol. The first-order valence-electron chi connectivity index (χ1n) is 5.08. The van der Waals surface area contributed by atoms with E-state index in [1.807, 2.05) is 6.07 Å². The molecule has 0 spiro atoms. The van der Waals surface area contributed by atoms with E-state index in [1.54, 1.807) is 25.4 Å². The fourth-order valence-corrected chi connectivity index (χ4v) is 0.933. The fraction of sp³-hybridized carbons (Fsp3) is 0.333. The molecule has 1 amide bonds. The number of nitrogens with zero attached hydrogens (tertiary/aromatic N) is 1. The van der Waals surface area contributed by atoms with Crippen molar-refractivity contribution < 1.29 is 9.53 Å². The zero-order valence-corrected chi connectivity index (χ0v) is 9.19. The topological polar surface area (TPSA) is 51.2 Å². The van der Waals surface area contributed by atoms with Crippen molar-refractivity contribution in [1.82, 2.24) is 10.3 Å². The van der Waals surface area contributed by atoms with Crippen molar-refractivity contribution >= 4 is 5.91 Å². The van der Waals surface area contributed by atoms with Crippen LogP contribution in [0.4, 0.5) is 0 Å². The SMILES string of the molecule is CCC(=O)NCC#CCOc1cccnc1. The van der Waals surface area contributed by atoms with Gasteiger partial charge in [-0.15, -0.1) is 0 Å². The van der Waals surface area contributed by atoms with Crippen molar-refractivity contribution in [3.05, 3.63) is 24.5 Å². The molecule has 4 heteroatoms. The number of carbonyl (C=O) groups excluding carboxylic acids is 1. The van der Waals surface area contributed by atoms with Gasteiger partial charge in [-0.1, -0.05) is 18.8 Å². The minimum atomic E-state index is 0.00229. The first kappa shape index (κ1) is 12.1. The summed E-state index contributed by atoms with van der Waals surface area (Å²) in [6, 6.07) is 3.61. The van der Waals surface area contributed by atoms with Gasteiger partial charge in [0.2, 0.25) is 5.91 Å². The molecule has 1 heterocycles. The molecule has 0 aliphatic heterocycles. The van der Waals surface area contributed by atoms with Crippen LogP contribution in [0.25, 0.3) is 0 Å². The zero-order chi connectivity index (χ0) is 11.6. The maximum absolute atomic E-state index is 10.8. The number of rotatable bonds is 4. The van der Waals surface area contributed by atoms with Crippen LogP contribution in [0.5, 0.6) is 5.75 Å². The second-order valence-electron chi connectivity index (χ2n) is 2.96. The largest absolute Gasteiger partial charge is 0.479 e. The molecule has 0 aliphatic rings. The zero-order valence-electron chi connectivity index (χ0n) is 9.19. The number of ether oxygens (including phenoxy) is 1. The maximum Gasteiger partial charge on any atom is 0.220 e. The highest BCUT2D eigenvalue weighted by Gasteiger charge is 1.91. The van der Waals surface area contributed by atoms with E-state index in [0.29, 0.717) is 25.3 Å². The average Bonchev–Trinajstić information content (AvgIpc) is 2.34. The summed E-state index contributed by atoms with van der Waals surface area (Å²) in [5.41, 5.74) is 0. The van der Waals surface area contributed by atoms with E-state index in [0.717, 1.165) is 0 Å². The van der Waals surface area contributed by atoms with Crippen LogP contribution >= 0.6 is 0 Å². The molecule has 1 aromatic rings. The van der Waals surface area contributed by atoms with Gasteiger partial charge in [-0.2, -0.15) is 0 Å². The predicted octanol–water partition coefficient (Wildman–Crippen LogP) is 0.990. The van der Waals surface area contributed by atoms with E-state index in [9.17, 15) is 4.79 Å². The van der Waals surface area contributed by atoms with E-state index in [2.05, 4.69) is 22.1 Å². The predicted molar refractivity (Wildman–Crippen MR) is 60.8 cm³/mol. The highest BCUT2D eigenvalue weighted by molar-refractivity contribution is 5.75. The minimum Gasteiger partial charge on any atom is -0.479 e. The van der Waals surface area contributed by atoms with E-state index in [1.165, 1.54) is 0 Å². The van der Waals surface area contributed by atoms with Gasteiger partial charge >= 0.3 is 0 Å². The summed E-state index contributed by atoms with van der Waals surface area (Å²) in [5, 5.41) is 2.65. The lowest BCUT2D eigenvalue weighted by molar-refractivity contribution is -0.120. The molecule has 0 bridgehead atoms. The van der Waals surface area contributed by atoms with Crippen LogP contribution in [-0.2, 0) is 4.79 Å². The second-order valence-corrected chi connectivity index (χ2v) is 2.96. The number of hydrogen-bond donors (Lipinski definition) is 1. The van der Waals surface area contributed by atoms with Gasteiger partial charge in [0, 0.05) is 12.6 Å². The van der Waals surface area contributed by atoms with Crippen LogP contribution in [0, 0.1) is 11.8 Å². The molecule has 0 atom stereocenters. The van der Waals surface area contributed by atoms with Crippen molar-refractivity contribution in [2.75, 3.05) is 13.2 Å². The molecule has 0 saturated heterocycles. The Kier molecular flexibility index (Phi) is 5.49. The molecule has 0 unspecified atom stereocenters. The standard InChI is InChI=1S/C12H14N2O2/c1-2-12(15)14-8-3-4-9-16-11-6-5-7-13-10-11/h5-7,10H,2,8-9H2,1H3,(H,14,15). The summed E-state index contributed by atoms with van der Waals surface area (Å²) in [5.74, 6) is 6.28. The van der Waals surface area contributed by atoms with Crippen LogP contribution in [0.3, 0.4) is 0 Å². The number of amides is 1. The number of pyridine rings is 1. The van der Waals surface area contributed by atoms with Crippen LogP contribution in [-0.4, -0.2) is 24.0 Å². The lowest BCUT2D eigenvalue weighted by atomic mass is 10.4. The highest BCUT2D eigenvalue weighted by Crippen LogP contribution is 2.04. The Morgan fingerprint density at radius 2 is 2.44 bits per heavy atom. The normalized spacial score (nSPS) is 8.81. The molecule has 1 rings (SSSR count). The van der Waals surface area contributed by atoms with E-state index >= 15 is 0 Å². The number of carbonyl (C=O) groups is 1. The van der Waals surface area contributed by atoms with Gasteiger partial charge in [0.1, 0.15) is 12.4 Å². The maximum atomic E-state index is 10.8. The Bertz CT molecular complexity index is 379. The molecular formula is C12H14N2O2. The van der Waals surface area contributed by atoms with Gasteiger partial charge in [-0.25, -0.2) is 0 Å². The lowest BCUT2D eigenvalue weighted by Gasteiger charge is -1.99. The molecule has 0 saturated carbocycles. The minimum absolute atomic E-state index is 0.00229. The number of hydrogen-bond acceptors (Lipinski definition) is 3. The number of aromatic nitrogens is 1. The highest BCUT2D eigenvalue weighted by atomic mass is 16.5. The molecule has 0 aliphatic carbocycles. The summed E-state index contributed by atoms with van der Waals surface area (Å²) in [4.78, 5) is 14.8. The smallest absolute Gasteiger partial charge is 0.220 e. The average molecular weight is 218 g/mol. The Labute approximate surface area is 95.0 Å². The monoisotopic (exact) mass is 218 g/mol. The number of nitrogens with one attached hydrogen (secondary N) is 1. The van der Waals surface area contributed by atoms with Gasteiger partial charge in [0.15, 0.2) is 0 Å². The van der Waals surface area contributed by atoms with E-state index < -0.39 is 0 Å². The lowest BCUT2D eigenvalue weighted by Crippen LogP contribution is -2.22. The third kappa shape index (κ3) is 5.01. The quantitative estimate of drug-likeness (QED) is 0.767. The first-order chi connectivity index (χ1) is 7.83. The Balaban J connectivity index is 2.16. The van der Waals surface area contributed by atoms with Crippen LogP contribution < -0.4 is 10.1 Å². The Hall–Kier alpha value is -2.02. The summed E-state index contributed by atoms with van der Waals surface area (Å²) in [6.07, 6.45) is 3.78. The van der Waals surface area contributed by atoms with Gasteiger partial charge in [0.25, 0.3) is 0 Å². The van der Waals surface area contributed by atoms with Crippen molar-refractivity contribution in [1.29, 1.82) is 0 Å². The van der Waals surface area contributed by atoms with Crippen LogP contribution in [0.15, 0.2) is 24.5 Å². The summed E-state index contributed by atoms with van der Waals surface area (Å²) in [7, 11) is 0. The van der Waals surface area contributed by atoms with Crippen molar-refractivity contribution in [2.24, 2.45) is 0 Å². The molecule has 0 radical (unpaired) electrons. The van der Waals surface area contributed by atoms with Crippen molar-refractivity contribution in [2.45, 2.75) is 13.3 Å². The fourth-order valence-electron chi connectivity index (χ4n) is 0.933. The summed E-state index contributed by atoms with van der Waals surface area (Å²) < 4.78 is 5.29. The molecule has 1 aromatic heterocycles. The summed E-state index contributed by atoms with van der Waals surface area (Å²) in [6.45, 7) is 2.46. The van der Waals surface area contributed by atoms with Gasteiger partial charge in [0.05, 0.1) is 12.7 Å². The second kappa shape index (κ2) is 7.30. The van der Waals surface area contributed by atoms with Crippen molar-refractivity contribution in [3.8, 4) is 17.6 Å². The van der Waals surface area contributed by atoms with E-state index in [-0.39, 0.29) is 5.91 Å². The summed E-state index contributed by atoms with van der Waals surface area (Å²) >= 11 is 0. The van der Waals surface area contributed by atoms with Crippen LogP contribution in [0.1, 0.15) is 13.3 Å². The third-order valence-corrected chi connectivity index (χ3v) is 1.77. The molecule has 16 heavy (non-hydrogen) atoms. The van der Waals surface area contributed by atoms with Gasteiger partial charge < -0.3 is 10.1 Å². The Morgan fingerprint density at radius 3 is 3.12 bits per heavy atom. The molecule has 0 fully saturated rings. The molecule has 4 nitrogen and oxygen atoms in total. The van der Waals surface area contributed by atoms with Crippen molar-refractivity contribution in [3.63, 3.8) is 0 Å². The van der Waals surface area contributed by atoms with E-state index in [4.69, 9.17) is 4.74 Å².